The fourth-order valence-corrected chi connectivity index (χ4v) is 2.04. The van der Waals surface area contributed by atoms with E-state index in [9.17, 15) is 4.79 Å². The van der Waals surface area contributed by atoms with Gasteiger partial charge in [-0.25, -0.2) is 4.98 Å². The molecule has 1 unspecified atom stereocenters. The van der Waals surface area contributed by atoms with E-state index in [2.05, 4.69) is 29.5 Å². The van der Waals surface area contributed by atoms with E-state index in [1.165, 1.54) is 6.20 Å². The summed E-state index contributed by atoms with van der Waals surface area (Å²) in [6, 6.07) is 1.83. The maximum atomic E-state index is 12.2. The van der Waals surface area contributed by atoms with E-state index in [4.69, 9.17) is 11.6 Å². The number of halogens is 1. The summed E-state index contributed by atoms with van der Waals surface area (Å²) in [6.07, 6.45) is 3.56. The average molecular weight is 298 g/mol. The number of carbonyl (C=O) groups excluding carboxylic acids is 1. The Labute approximate surface area is 126 Å². The third-order valence-corrected chi connectivity index (χ3v) is 3.31. The average Bonchev–Trinajstić information content (AvgIpc) is 2.38. The molecule has 2 N–H and O–H groups in total. The molecule has 0 aliphatic heterocycles. The molecular weight excluding hydrogens is 274 g/mol. The summed E-state index contributed by atoms with van der Waals surface area (Å²) in [4.78, 5) is 16.4. The van der Waals surface area contributed by atoms with Gasteiger partial charge in [0.15, 0.2) is 0 Å². The van der Waals surface area contributed by atoms with Gasteiger partial charge in [-0.3, -0.25) is 4.79 Å². The predicted octanol–water partition coefficient (Wildman–Crippen LogP) is 3.72. The molecule has 1 amide bonds. The maximum absolute atomic E-state index is 12.2. The van der Waals surface area contributed by atoms with Gasteiger partial charge in [-0.05, 0) is 38.7 Å². The minimum absolute atomic E-state index is 0.136. The van der Waals surface area contributed by atoms with Gasteiger partial charge in [0.25, 0.3) is 5.91 Å². The van der Waals surface area contributed by atoms with Crippen molar-refractivity contribution in [1.29, 1.82) is 0 Å². The lowest BCUT2D eigenvalue weighted by Crippen LogP contribution is -2.33. The van der Waals surface area contributed by atoms with Crippen LogP contribution < -0.4 is 10.6 Å². The smallest absolute Gasteiger partial charge is 0.253 e. The lowest BCUT2D eigenvalue weighted by molar-refractivity contribution is 0.0937. The van der Waals surface area contributed by atoms with Gasteiger partial charge < -0.3 is 10.6 Å². The molecule has 0 spiro atoms. The molecule has 0 aliphatic carbocycles. The fraction of sp³-hybridized carbons (Fsp3) is 0.600. The first-order valence-electron chi connectivity index (χ1n) is 7.14. The molecule has 0 fully saturated rings. The molecule has 1 aromatic rings. The highest BCUT2D eigenvalue weighted by Crippen LogP contribution is 2.18. The maximum Gasteiger partial charge on any atom is 0.253 e. The van der Waals surface area contributed by atoms with Crippen molar-refractivity contribution >= 4 is 23.3 Å². The normalized spacial score (nSPS) is 12.3. The topological polar surface area (TPSA) is 54.0 Å². The first-order chi connectivity index (χ1) is 9.43. The number of aromatic nitrogens is 1. The number of nitrogens with zero attached hydrogens (tertiary/aromatic N) is 1. The van der Waals surface area contributed by atoms with Gasteiger partial charge >= 0.3 is 0 Å². The molecule has 4 nitrogen and oxygen atoms in total. The standard InChI is InChI=1S/C15H24ClN3O/c1-5-17-14-8-12(13(16)9-18-14)15(20)19-11(4)7-6-10(2)3/h8-11H,5-7H2,1-4H3,(H,17,18)(H,19,20). The summed E-state index contributed by atoms with van der Waals surface area (Å²) < 4.78 is 0. The van der Waals surface area contributed by atoms with Gasteiger partial charge in [0.1, 0.15) is 5.82 Å². The van der Waals surface area contributed by atoms with Gasteiger partial charge in [-0.15, -0.1) is 0 Å². The van der Waals surface area contributed by atoms with Crippen molar-refractivity contribution in [2.24, 2.45) is 5.92 Å². The van der Waals surface area contributed by atoms with Crippen LogP contribution >= 0.6 is 11.6 Å². The second-order valence-electron chi connectivity index (χ2n) is 5.43. The molecule has 1 rings (SSSR count). The van der Waals surface area contributed by atoms with Crippen molar-refractivity contribution in [1.82, 2.24) is 10.3 Å². The second-order valence-corrected chi connectivity index (χ2v) is 5.83. The lowest BCUT2D eigenvalue weighted by Gasteiger charge is -2.16. The van der Waals surface area contributed by atoms with Gasteiger partial charge in [-0.1, -0.05) is 25.4 Å². The highest BCUT2D eigenvalue weighted by Gasteiger charge is 2.14. The zero-order chi connectivity index (χ0) is 15.1. The fourth-order valence-electron chi connectivity index (χ4n) is 1.85. The van der Waals surface area contributed by atoms with Gasteiger partial charge in [0.2, 0.25) is 0 Å². The molecule has 1 aromatic heterocycles. The molecule has 0 radical (unpaired) electrons. The Morgan fingerprint density at radius 1 is 1.35 bits per heavy atom. The van der Waals surface area contributed by atoms with E-state index in [0.29, 0.717) is 22.3 Å². The Kier molecular flexibility index (Phi) is 6.79. The lowest BCUT2D eigenvalue weighted by atomic mass is 10.0. The van der Waals surface area contributed by atoms with Crippen molar-refractivity contribution in [2.75, 3.05) is 11.9 Å². The summed E-state index contributed by atoms with van der Waals surface area (Å²) in [5, 5.41) is 6.43. The highest BCUT2D eigenvalue weighted by atomic mass is 35.5. The summed E-state index contributed by atoms with van der Waals surface area (Å²) in [5.74, 6) is 1.16. The largest absolute Gasteiger partial charge is 0.370 e. The molecule has 5 heteroatoms. The minimum Gasteiger partial charge on any atom is -0.370 e. The van der Waals surface area contributed by atoms with Crippen LogP contribution in [0.25, 0.3) is 0 Å². The molecule has 20 heavy (non-hydrogen) atoms. The van der Waals surface area contributed by atoms with E-state index in [1.54, 1.807) is 6.07 Å². The Morgan fingerprint density at radius 2 is 2.05 bits per heavy atom. The van der Waals surface area contributed by atoms with Crippen LogP contribution in [-0.2, 0) is 0 Å². The summed E-state index contributed by atoms with van der Waals surface area (Å²) in [5.41, 5.74) is 0.467. The quantitative estimate of drug-likeness (QED) is 0.806. The predicted molar refractivity (Wildman–Crippen MR) is 84.4 cm³/mol. The van der Waals surface area contributed by atoms with Gasteiger partial charge in [-0.2, -0.15) is 0 Å². The van der Waals surface area contributed by atoms with Crippen LogP contribution in [-0.4, -0.2) is 23.5 Å². The Balaban J connectivity index is 2.68. The molecule has 0 saturated carbocycles. The number of amides is 1. The van der Waals surface area contributed by atoms with E-state index < -0.39 is 0 Å². The first kappa shape index (κ1) is 16.8. The van der Waals surface area contributed by atoms with Crippen LogP contribution in [0.4, 0.5) is 5.82 Å². The van der Waals surface area contributed by atoms with Crippen molar-refractivity contribution < 1.29 is 4.79 Å². The zero-order valence-corrected chi connectivity index (χ0v) is 13.4. The van der Waals surface area contributed by atoms with E-state index in [1.807, 2.05) is 13.8 Å². The number of carbonyl (C=O) groups is 1. The molecule has 0 aromatic carbocycles. The third kappa shape index (κ3) is 5.37. The molecule has 0 bridgehead atoms. The van der Waals surface area contributed by atoms with Crippen LogP contribution in [0, 0.1) is 5.92 Å². The van der Waals surface area contributed by atoms with E-state index >= 15 is 0 Å². The van der Waals surface area contributed by atoms with E-state index in [-0.39, 0.29) is 11.9 Å². The number of hydrogen-bond donors (Lipinski definition) is 2. The second kappa shape index (κ2) is 8.10. The monoisotopic (exact) mass is 297 g/mol. The van der Waals surface area contributed by atoms with Crippen LogP contribution in [0.15, 0.2) is 12.3 Å². The number of nitrogens with one attached hydrogen (secondary N) is 2. The number of rotatable bonds is 7. The molecule has 112 valence electrons. The number of hydrogen-bond acceptors (Lipinski definition) is 3. The Hall–Kier alpha value is -1.29. The van der Waals surface area contributed by atoms with Crippen LogP contribution in [0.3, 0.4) is 0 Å². The van der Waals surface area contributed by atoms with Gasteiger partial charge in [0, 0.05) is 18.8 Å². The molecule has 1 heterocycles. The van der Waals surface area contributed by atoms with Crippen molar-refractivity contribution in [3.8, 4) is 0 Å². The minimum atomic E-state index is -0.146. The summed E-state index contributed by atoms with van der Waals surface area (Å²) in [7, 11) is 0. The van der Waals surface area contributed by atoms with Gasteiger partial charge in [0.05, 0.1) is 10.6 Å². The first-order valence-corrected chi connectivity index (χ1v) is 7.52. The number of anilines is 1. The highest BCUT2D eigenvalue weighted by molar-refractivity contribution is 6.33. The number of pyridine rings is 1. The van der Waals surface area contributed by atoms with Crippen LogP contribution in [0.1, 0.15) is 50.9 Å². The Morgan fingerprint density at radius 3 is 2.65 bits per heavy atom. The third-order valence-electron chi connectivity index (χ3n) is 3.01. The summed E-state index contributed by atoms with van der Waals surface area (Å²) in [6.45, 7) is 9.10. The molecule has 0 saturated heterocycles. The van der Waals surface area contributed by atoms with Crippen LogP contribution in [0.5, 0.6) is 0 Å². The molecular formula is C15H24ClN3O. The SMILES string of the molecule is CCNc1cc(C(=O)NC(C)CCC(C)C)c(Cl)cn1. The summed E-state index contributed by atoms with van der Waals surface area (Å²) >= 11 is 6.05. The van der Waals surface area contributed by atoms with Crippen molar-refractivity contribution in [2.45, 2.75) is 46.6 Å². The van der Waals surface area contributed by atoms with E-state index in [0.717, 1.165) is 19.4 Å². The van der Waals surface area contributed by atoms with Crippen molar-refractivity contribution in [3.63, 3.8) is 0 Å². The molecule has 0 aliphatic rings. The van der Waals surface area contributed by atoms with Crippen molar-refractivity contribution in [3.05, 3.63) is 22.8 Å². The van der Waals surface area contributed by atoms with Crippen LogP contribution in [0.2, 0.25) is 5.02 Å². The molecule has 1 atom stereocenters. The zero-order valence-electron chi connectivity index (χ0n) is 12.7. The Bertz CT molecular complexity index is 449.